The van der Waals surface area contributed by atoms with Crippen LogP contribution >= 0.6 is 0 Å². The van der Waals surface area contributed by atoms with Crippen LogP contribution in [0.1, 0.15) is 41.5 Å². The summed E-state index contributed by atoms with van der Waals surface area (Å²) >= 11 is 0. The van der Waals surface area contributed by atoms with E-state index in [-0.39, 0.29) is 5.91 Å². The van der Waals surface area contributed by atoms with Crippen molar-refractivity contribution in [2.45, 2.75) is 53.2 Å². The fourth-order valence-electron chi connectivity index (χ4n) is 1.34. The van der Waals surface area contributed by atoms with Crippen molar-refractivity contribution in [1.29, 1.82) is 0 Å². The summed E-state index contributed by atoms with van der Waals surface area (Å²) in [6.45, 7) is 10.6. The van der Waals surface area contributed by atoms with E-state index in [2.05, 4.69) is 5.32 Å². The van der Waals surface area contributed by atoms with Crippen LogP contribution in [0.25, 0.3) is 0 Å². The normalized spacial score (nSPS) is 13.7. The van der Waals surface area contributed by atoms with Crippen LogP contribution < -0.4 is 5.32 Å². The number of alkyl carbamates (subject to hydrolysis) is 1. The summed E-state index contributed by atoms with van der Waals surface area (Å²) in [6, 6.07) is -0.396. The van der Waals surface area contributed by atoms with Gasteiger partial charge in [-0.25, -0.2) is 9.86 Å². The van der Waals surface area contributed by atoms with Gasteiger partial charge in [0.05, 0.1) is 12.5 Å². The zero-order valence-electron chi connectivity index (χ0n) is 13.2. The summed E-state index contributed by atoms with van der Waals surface area (Å²) in [5, 5.41) is 3.82. The number of nitrogens with one attached hydrogen (secondary N) is 1. The lowest BCUT2D eigenvalue weighted by Crippen LogP contribution is -2.52. The molecule has 112 valence electrons. The van der Waals surface area contributed by atoms with Crippen LogP contribution in [0.4, 0.5) is 4.79 Å². The Labute approximate surface area is 115 Å². The van der Waals surface area contributed by atoms with E-state index in [9.17, 15) is 9.59 Å². The molecule has 0 aromatic rings. The molecule has 0 saturated carbocycles. The predicted molar refractivity (Wildman–Crippen MR) is 72.4 cm³/mol. The summed E-state index contributed by atoms with van der Waals surface area (Å²) in [4.78, 5) is 28.7. The van der Waals surface area contributed by atoms with Crippen molar-refractivity contribution in [1.82, 2.24) is 10.4 Å². The van der Waals surface area contributed by atoms with Gasteiger partial charge in [0.25, 0.3) is 5.91 Å². The second-order valence-corrected chi connectivity index (χ2v) is 6.07. The van der Waals surface area contributed by atoms with Crippen molar-refractivity contribution in [3.05, 3.63) is 0 Å². The largest absolute Gasteiger partial charge is 0.444 e. The molecule has 0 saturated heterocycles. The van der Waals surface area contributed by atoms with Crippen LogP contribution in [0.3, 0.4) is 0 Å². The van der Waals surface area contributed by atoms with Gasteiger partial charge < -0.3 is 10.1 Å². The fourth-order valence-corrected chi connectivity index (χ4v) is 1.34. The van der Waals surface area contributed by atoms with E-state index in [1.165, 1.54) is 14.2 Å². The number of rotatable bonds is 4. The molecule has 6 heteroatoms. The van der Waals surface area contributed by atoms with Gasteiger partial charge in [-0.05, 0) is 41.5 Å². The van der Waals surface area contributed by atoms with E-state index in [1.807, 2.05) is 0 Å². The van der Waals surface area contributed by atoms with E-state index in [4.69, 9.17) is 9.57 Å². The number of carbonyl (C=O) groups is 2. The average Bonchev–Trinajstić information content (AvgIpc) is 2.23. The minimum atomic E-state index is -0.804. The molecule has 0 aliphatic heterocycles. The Balaban J connectivity index is 4.68. The van der Waals surface area contributed by atoms with Crippen LogP contribution in [-0.4, -0.2) is 42.9 Å². The molecule has 0 fully saturated rings. The summed E-state index contributed by atoms with van der Waals surface area (Å²) in [6.07, 6.45) is -0.541. The zero-order chi connectivity index (χ0) is 15.4. The van der Waals surface area contributed by atoms with Gasteiger partial charge in [-0.2, -0.15) is 0 Å². The predicted octanol–water partition coefficient (Wildman–Crippen LogP) is 1.95. The van der Waals surface area contributed by atoms with Gasteiger partial charge in [0.1, 0.15) is 5.60 Å². The third-order valence-corrected chi connectivity index (χ3v) is 2.93. The third kappa shape index (κ3) is 5.46. The summed E-state index contributed by atoms with van der Waals surface area (Å²) in [5.41, 5.74) is -1.37. The van der Waals surface area contributed by atoms with Crippen molar-refractivity contribution in [3.63, 3.8) is 0 Å². The highest BCUT2D eigenvalue weighted by molar-refractivity contribution is 5.82. The van der Waals surface area contributed by atoms with Gasteiger partial charge in [0, 0.05) is 13.1 Å². The Morgan fingerprint density at radius 2 is 1.63 bits per heavy atom. The maximum absolute atomic E-state index is 12.1. The fraction of sp³-hybridized carbons (Fsp3) is 0.846. The minimum Gasteiger partial charge on any atom is -0.444 e. The number of nitrogens with zero attached hydrogens (tertiary/aromatic N) is 1. The number of hydrogen-bond donors (Lipinski definition) is 1. The van der Waals surface area contributed by atoms with Crippen molar-refractivity contribution < 1.29 is 19.2 Å². The van der Waals surface area contributed by atoms with Crippen molar-refractivity contribution in [2.24, 2.45) is 5.41 Å². The summed E-state index contributed by atoms with van der Waals surface area (Å²) in [7, 11) is 2.95. The number of ether oxygens (including phenoxy) is 1. The molecule has 1 atom stereocenters. The Kier molecular flexibility index (Phi) is 5.81. The molecule has 0 heterocycles. The van der Waals surface area contributed by atoms with E-state index >= 15 is 0 Å². The molecule has 0 aliphatic carbocycles. The molecule has 2 amide bonds. The second kappa shape index (κ2) is 6.23. The maximum Gasteiger partial charge on any atom is 0.407 e. The van der Waals surface area contributed by atoms with Crippen molar-refractivity contribution in [3.8, 4) is 0 Å². The van der Waals surface area contributed by atoms with Crippen LogP contribution in [0.5, 0.6) is 0 Å². The molecule has 0 radical (unpaired) electrons. The lowest BCUT2D eigenvalue weighted by molar-refractivity contribution is -0.179. The molecule has 0 rings (SSSR count). The third-order valence-electron chi connectivity index (χ3n) is 2.93. The Bertz CT molecular complexity index is 334. The van der Waals surface area contributed by atoms with Gasteiger partial charge in [-0.15, -0.1) is 0 Å². The first-order valence-corrected chi connectivity index (χ1v) is 6.23. The molecule has 19 heavy (non-hydrogen) atoms. The topological polar surface area (TPSA) is 67.9 Å². The highest BCUT2D eigenvalue weighted by atomic mass is 16.7. The highest BCUT2D eigenvalue weighted by Gasteiger charge is 2.38. The summed E-state index contributed by atoms with van der Waals surface area (Å²) in [5.74, 6) is -0.224. The molecule has 0 bridgehead atoms. The molecule has 0 aromatic heterocycles. The number of amides is 2. The summed E-state index contributed by atoms with van der Waals surface area (Å²) < 4.78 is 5.16. The van der Waals surface area contributed by atoms with Crippen molar-refractivity contribution in [2.75, 3.05) is 14.2 Å². The Morgan fingerprint density at radius 3 is 2.00 bits per heavy atom. The molecule has 6 nitrogen and oxygen atoms in total. The van der Waals surface area contributed by atoms with Gasteiger partial charge in [0.2, 0.25) is 0 Å². The second-order valence-electron chi connectivity index (χ2n) is 6.07. The van der Waals surface area contributed by atoms with E-state index in [1.54, 1.807) is 41.5 Å². The van der Waals surface area contributed by atoms with Crippen LogP contribution in [0.15, 0.2) is 0 Å². The number of hydrogen-bond acceptors (Lipinski definition) is 4. The first-order chi connectivity index (χ1) is 8.41. The lowest BCUT2D eigenvalue weighted by Gasteiger charge is -2.34. The molecule has 0 spiro atoms. The van der Waals surface area contributed by atoms with E-state index in [0.717, 1.165) is 5.06 Å². The maximum atomic E-state index is 12.1. The van der Waals surface area contributed by atoms with Crippen LogP contribution in [-0.2, 0) is 14.4 Å². The standard InChI is InChI=1S/C13H26N2O4/c1-9(14-11(17)19-12(2,3)4)13(5,6)10(16)15(7)18-8/h9H,1-8H3,(H,14,17). The van der Waals surface area contributed by atoms with E-state index < -0.39 is 23.2 Å². The molecule has 1 N–H and O–H groups in total. The molecule has 0 aromatic carbocycles. The van der Waals surface area contributed by atoms with Gasteiger partial charge >= 0.3 is 6.09 Å². The minimum absolute atomic E-state index is 0.224. The van der Waals surface area contributed by atoms with Gasteiger partial charge in [-0.1, -0.05) is 0 Å². The molecule has 1 unspecified atom stereocenters. The quantitative estimate of drug-likeness (QED) is 0.796. The monoisotopic (exact) mass is 274 g/mol. The molecule has 0 aliphatic rings. The average molecular weight is 274 g/mol. The first-order valence-electron chi connectivity index (χ1n) is 6.23. The van der Waals surface area contributed by atoms with Crippen LogP contribution in [0, 0.1) is 5.41 Å². The molecular formula is C13H26N2O4. The number of carbonyl (C=O) groups excluding carboxylic acids is 2. The van der Waals surface area contributed by atoms with E-state index in [0.29, 0.717) is 0 Å². The highest BCUT2D eigenvalue weighted by Crippen LogP contribution is 2.23. The van der Waals surface area contributed by atoms with Crippen LogP contribution in [0.2, 0.25) is 0 Å². The Morgan fingerprint density at radius 1 is 1.16 bits per heavy atom. The lowest BCUT2D eigenvalue weighted by atomic mass is 9.84. The SMILES string of the molecule is CON(C)C(=O)C(C)(C)C(C)NC(=O)OC(C)(C)C. The Hall–Kier alpha value is -1.30. The number of hydroxylamine groups is 2. The van der Waals surface area contributed by atoms with Gasteiger partial charge in [-0.3, -0.25) is 9.63 Å². The smallest absolute Gasteiger partial charge is 0.407 e. The van der Waals surface area contributed by atoms with Crippen molar-refractivity contribution >= 4 is 12.0 Å². The first kappa shape index (κ1) is 17.7. The zero-order valence-corrected chi connectivity index (χ0v) is 13.2. The van der Waals surface area contributed by atoms with Gasteiger partial charge in [0.15, 0.2) is 0 Å². The molecular weight excluding hydrogens is 248 g/mol.